The Morgan fingerprint density at radius 1 is 1.73 bits per heavy atom. The van der Waals surface area contributed by atoms with E-state index in [1.807, 2.05) is 13.8 Å². The van der Waals surface area contributed by atoms with E-state index in [0.717, 1.165) is 5.76 Å². The van der Waals surface area contributed by atoms with E-state index >= 15 is 0 Å². The van der Waals surface area contributed by atoms with Gasteiger partial charge in [-0.3, -0.25) is 4.79 Å². The van der Waals surface area contributed by atoms with E-state index in [1.165, 1.54) is 6.26 Å². The number of carbonyl (C=O) groups is 1. The highest BCUT2D eigenvalue weighted by molar-refractivity contribution is 5.93. The van der Waals surface area contributed by atoms with E-state index in [-0.39, 0.29) is 5.91 Å². The molecule has 0 fully saturated rings. The topological polar surface area (TPSA) is 42.2 Å². The molecule has 0 unspecified atom stereocenters. The van der Waals surface area contributed by atoms with Crippen molar-refractivity contribution < 1.29 is 9.21 Å². The lowest BCUT2D eigenvalue weighted by atomic mass is 10.3. The lowest BCUT2D eigenvalue weighted by Crippen LogP contribution is -2.21. The van der Waals surface area contributed by atoms with Crippen LogP contribution in [0.15, 0.2) is 16.7 Å². The average molecular weight is 153 g/mol. The third-order valence-electron chi connectivity index (χ3n) is 1.33. The van der Waals surface area contributed by atoms with Crippen LogP contribution in [-0.2, 0) is 0 Å². The van der Waals surface area contributed by atoms with Crippen LogP contribution in [0.1, 0.15) is 23.0 Å². The van der Waals surface area contributed by atoms with Crippen LogP contribution in [0.25, 0.3) is 0 Å². The number of rotatable bonds is 2. The molecule has 0 aliphatic carbocycles. The summed E-state index contributed by atoms with van der Waals surface area (Å²) in [6.45, 7) is 4.33. The molecule has 1 aromatic heterocycles. The van der Waals surface area contributed by atoms with Gasteiger partial charge in [-0.2, -0.15) is 0 Å². The van der Waals surface area contributed by atoms with E-state index < -0.39 is 0 Å². The fraction of sp³-hybridized carbons (Fsp3) is 0.375. The van der Waals surface area contributed by atoms with Gasteiger partial charge in [0, 0.05) is 6.54 Å². The van der Waals surface area contributed by atoms with Gasteiger partial charge in [-0.15, -0.1) is 0 Å². The van der Waals surface area contributed by atoms with E-state index in [4.69, 9.17) is 4.42 Å². The molecule has 0 bridgehead atoms. The SMILES string of the molecule is CCNC(=O)c1coc(C)c1. The zero-order valence-corrected chi connectivity index (χ0v) is 6.68. The standard InChI is InChI=1S/C8H11NO2/c1-3-9-8(10)7-4-6(2)11-5-7/h4-5H,3H2,1-2H3,(H,9,10). The molecule has 60 valence electrons. The lowest BCUT2D eigenvalue weighted by molar-refractivity contribution is 0.0955. The minimum Gasteiger partial charge on any atom is -0.469 e. The molecule has 1 N–H and O–H groups in total. The molecule has 3 nitrogen and oxygen atoms in total. The highest BCUT2D eigenvalue weighted by Gasteiger charge is 2.05. The zero-order chi connectivity index (χ0) is 8.27. The van der Waals surface area contributed by atoms with Crippen molar-refractivity contribution in [3.63, 3.8) is 0 Å². The molecule has 3 heteroatoms. The summed E-state index contributed by atoms with van der Waals surface area (Å²) in [7, 11) is 0. The number of carbonyl (C=O) groups excluding carboxylic acids is 1. The molecule has 0 saturated carbocycles. The van der Waals surface area contributed by atoms with Crippen LogP contribution in [0.5, 0.6) is 0 Å². The second-order valence-electron chi connectivity index (χ2n) is 2.31. The normalized spacial score (nSPS) is 9.64. The summed E-state index contributed by atoms with van der Waals surface area (Å²) in [5.41, 5.74) is 0.587. The minimum absolute atomic E-state index is 0.0793. The molecule has 0 saturated heterocycles. The summed E-state index contributed by atoms with van der Waals surface area (Å²) in [5.74, 6) is 0.676. The Kier molecular flexibility index (Phi) is 2.31. The summed E-state index contributed by atoms with van der Waals surface area (Å²) in [6, 6.07) is 1.71. The third kappa shape index (κ3) is 1.83. The molecule has 0 aromatic carbocycles. The Morgan fingerprint density at radius 2 is 2.45 bits per heavy atom. The molecular weight excluding hydrogens is 142 g/mol. The summed E-state index contributed by atoms with van der Waals surface area (Å²) < 4.78 is 4.97. The molecule has 0 atom stereocenters. The largest absolute Gasteiger partial charge is 0.469 e. The Balaban J connectivity index is 2.69. The highest BCUT2D eigenvalue weighted by atomic mass is 16.3. The summed E-state index contributed by atoms with van der Waals surface area (Å²) in [6.07, 6.45) is 1.46. The van der Waals surface area contributed by atoms with Gasteiger partial charge in [0.1, 0.15) is 12.0 Å². The fourth-order valence-corrected chi connectivity index (χ4v) is 0.825. The molecule has 11 heavy (non-hydrogen) atoms. The van der Waals surface area contributed by atoms with Crippen LogP contribution < -0.4 is 5.32 Å². The van der Waals surface area contributed by atoms with Gasteiger partial charge in [-0.25, -0.2) is 0 Å². The van der Waals surface area contributed by atoms with E-state index in [2.05, 4.69) is 5.32 Å². The van der Waals surface area contributed by atoms with Crippen LogP contribution in [-0.4, -0.2) is 12.5 Å². The first kappa shape index (κ1) is 7.85. The number of nitrogens with one attached hydrogen (secondary N) is 1. The van der Waals surface area contributed by atoms with Crippen molar-refractivity contribution in [2.24, 2.45) is 0 Å². The second-order valence-corrected chi connectivity index (χ2v) is 2.31. The number of hydrogen-bond acceptors (Lipinski definition) is 2. The molecule has 0 radical (unpaired) electrons. The van der Waals surface area contributed by atoms with Gasteiger partial charge in [0.15, 0.2) is 0 Å². The van der Waals surface area contributed by atoms with E-state index in [0.29, 0.717) is 12.1 Å². The lowest BCUT2D eigenvalue weighted by Gasteiger charge is -1.95. The van der Waals surface area contributed by atoms with Crippen molar-refractivity contribution in [1.29, 1.82) is 0 Å². The Bertz CT molecular complexity index is 252. The number of furan rings is 1. The van der Waals surface area contributed by atoms with Crippen molar-refractivity contribution in [3.8, 4) is 0 Å². The minimum atomic E-state index is -0.0793. The maximum atomic E-state index is 11.1. The van der Waals surface area contributed by atoms with Gasteiger partial charge in [-0.05, 0) is 19.9 Å². The van der Waals surface area contributed by atoms with Crippen molar-refractivity contribution in [3.05, 3.63) is 23.7 Å². The van der Waals surface area contributed by atoms with Crippen LogP contribution in [0.2, 0.25) is 0 Å². The molecule has 1 rings (SSSR count). The van der Waals surface area contributed by atoms with Crippen LogP contribution in [0, 0.1) is 6.92 Å². The van der Waals surface area contributed by atoms with E-state index in [9.17, 15) is 4.79 Å². The van der Waals surface area contributed by atoms with Crippen molar-refractivity contribution >= 4 is 5.91 Å². The first-order valence-corrected chi connectivity index (χ1v) is 3.57. The van der Waals surface area contributed by atoms with Crippen molar-refractivity contribution in [1.82, 2.24) is 5.32 Å². The predicted octanol–water partition coefficient (Wildman–Crippen LogP) is 1.34. The molecule has 1 aromatic rings. The summed E-state index contributed by atoms with van der Waals surface area (Å²) in [4.78, 5) is 11.1. The predicted molar refractivity (Wildman–Crippen MR) is 41.5 cm³/mol. The number of amides is 1. The first-order chi connectivity index (χ1) is 5.24. The van der Waals surface area contributed by atoms with Crippen LogP contribution in [0.4, 0.5) is 0 Å². The average Bonchev–Trinajstić information content (AvgIpc) is 2.36. The molecule has 1 amide bonds. The number of aryl methyl sites for hydroxylation is 1. The maximum absolute atomic E-state index is 11.1. The molecule has 0 aliphatic heterocycles. The Morgan fingerprint density at radius 3 is 2.91 bits per heavy atom. The molecular formula is C8H11NO2. The smallest absolute Gasteiger partial charge is 0.254 e. The van der Waals surface area contributed by atoms with Crippen LogP contribution in [0.3, 0.4) is 0 Å². The summed E-state index contributed by atoms with van der Waals surface area (Å²) in [5, 5.41) is 2.68. The zero-order valence-electron chi connectivity index (χ0n) is 6.68. The van der Waals surface area contributed by atoms with Crippen LogP contribution >= 0.6 is 0 Å². The highest BCUT2D eigenvalue weighted by Crippen LogP contribution is 2.05. The van der Waals surface area contributed by atoms with Gasteiger partial charge in [0.2, 0.25) is 0 Å². The van der Waals surface area contributed by atoms with Gasteiger partial charge in [0.05, 0.1) is 5.56 Å². The maximum Gasteiger partial charge on any atom is 0.254 e. The quantitative estimate of drug-likeness (QED) is 0.696. The molecule has 0 spiro atoms. The molecule has 1 heterocycles. The van der Waals surface area contributed by atoms with E-state index in [1.54, 1.807) is 6.07 Å². The van der Waals surface area contributed by atoms with Gasteiger partial charge < -0.3 is 9.73 Å². The molecule has 0 aliphatic rings. The van der Waals surface area contributed by atoms with Gasteiger partial charge in [-0.1, -0.05) is 0 Å². The van der Waals surface area contributed by atoms with Gasteiger partial charge in [0.25, 0.3) is 5.91 Å². The Labute approximate surface area is 65.4 Å². The van der Waals surface area contributed by atoms with Gasteiger partial charge >= 0.3 is 0 Å². The second kappa shape index (κ2) is 3.23. The third-order valence-corrected chi connectivity index (χ3v) is 1.33. The fourth-order valence-electron chi connectivity index (χ4n) is 0.825. The monoisotopic (exact) mass is 153 g/mol. The summed E-state index contributed by atoms with van der Waals surface area (Å²) >= 11 is 0. The van der Waals surface area contributed by atoms with Crippen molar-refractivity contribution in [2.75, 3.05) is 6.54 Å². The van der Waals surface area contributed by atoms with Crippen molar-refractivity contribution in [2.45, 2.75) is 13.8 Å². The Hall–Kier alpha value is -1.25. The number of hydrogen-bond donors (Lipinski definition) is 1. The first-order valence-electron chi connectivity index (χ1n) is 3.57.